The van der Waals surface area contributed by atoms with Gasteiger partial charge in [-0.1, -0.05) is 13.3 Å². The second-order valence-corrected chi connectivity index (χ2v) is 5.38. The molecule has 1 atom stereocenters. The molecule has 0 aromatic carbocycles. The van der Waals surface area contributed by atoms with E-state index in [2.05, 4.69) is 5.32 Å². The van der Waals surface area contributed by atoms with Gasteiger partial charge < -0.3 is 15.0 Å². The zero-order valence-electron chi connectivity index (χ0n) is 12.7. The van der Waals surface area contributed by atoms with Gasteiger partial charge in [-0.05, 0) is 13.3 Å². The number of urea groups is 1. The summed E-state index contributed by atoms with van der Waals surface area (Å²) in [7, 11) is 0. The minimum atomic E-state index is -2.94. The van der Waals surface area contributed by atoms with Gasteiger partial charge in [0.1, 0.15) is 0 Å². The average Bonchev–Trinajstić information content (AvgIpc) is 2.66. The summed E-state index contributed by atoms with van der Waals surface area (Å²) >= 11 is 0. The van der Waals surface area contributed by atoms with Crippen molar-refractivity contribution in [3.8, 4) is 0 Å². The standard InChI is InChI=1S/C14H24F2N2O3/c1-3-5-14(15,16)10-12(11(2)19)17-13(20)18-6-4-8-21-9-7-18/h12H,3-10H2,1-2H3,(H,17,20)/t12-/m0/s1. The third-order valence-electron chi connectivity index (χ3n) is 3.42. The Bertz CT molecular complexity index is 356. The van der Waals surface area contributed by atoms with E-state index >= 15 is 0 Å². The van der Waals surface area contributed by atoms with Crippen LogP contribution in [0.3, 0.4) is 0 Å². The van der Waals surface area contributed by atoms with Gasteiger partial charge >= 0.3 is 6.03 Å². The first kappa shape index (κ1) is 17.8. The Balaban J connectivity index is 2.60. The van der Waals surface area contributed by atoms with Crippen molar-refractivity contribution >= 4 is 11.8 Å². The van der Waals surface area contributed by atoms with Gasteiger partial charge in [0, 0.05) is 32.5 Å². The Morgan fingerprint density at radius 2 is 2.05 bits per heavy atom. The molecule has 1 fully saturated rings. The average molecular weight is 306 g/mol. The summed E-state index contributed by atoms with van der Waals surface area (Å²) < 4.78 is 32.5. The lowest BCUT2D eigenvalue weighted by molar-refractivity contribution is -0.121. The predicted molar refractivity (Wildman–Crippen MR) is 74.5 cm³/mol. The fourth-order valence-electron chi connectivity index (χ4n) is 2.25. The van der Waals surface area contributed by atoms with Crippen molar-refractivity contribution in [2.45, 2.75) is 51.5 Å². The van der Waals surface area contributed by atoms with Crippen LogP contribution in [0.1, 0.15) is 39.5 Å². The predicted octanol–water partition coefficient (Wildman–Crippen LogP) is 2.20. The smallest absolute Gasteiger partial charge is 0.318 e. The second kappa shape index (κ2) is 8.26. The number of amides is 2. The van der Waals surface area contributed by atoms with E-state index in [-0.39, 0.29) is 6.42 Å². The van der Waals surface area contributed by atoms with Crippen molar-refractivity contribution in [3.63, 3.8) is 0 Å². The minimum Gasteiger partial charge on any atom is -0.380 e. The van der Waals surface area contributed by atoms with Gasteiger partial charge in [0.25, 0.3) is 5.92 Å². The lowest BCUT2D eigenvalue weighted by Crippen LogP contribution is -2.50. The fraction of sp³-hybridized carbons (Fsp3) is 0.857. The van der Waals surface area contributed by atoms with Gasteiger partial charge in [-0.15, -0.1) is 0 Å². The first-order valence-electron chi connectivity index (χ1n) is 7.37. The van der Waals surface area contributed by atoms with Crippen LogP contribution in [0.2, 0.25) is 0 Å². The highest BCUT2D eigenvalue weighted by Gasteiger charge is 2.34. The topological polar surface area (TPSA) is 58.6 Å². The summed E-state index contributed by atoms with van der Waals surface area (Å²) in [4.78, 5) is 25.1. The summed E-state index contributed by atoms with van der Waals surface area (Å²) in [5, 5.41) is 2.43. The monoisotopic (exact) mass is 306 g/mol. The molecule has 2 amide bonds. The van der Waals surface area contributed by atoms with Crippen LogP contribution in [0.4, 0.5) is 13.6 Å². The van der Waals surface area contributed by atoms with Crippen LogP contribution in [0.25, 0.3) is 0 Å². The Morgan fingerprint density at radius 3 is 2.67 bits per heavy atom. The number of ether oxygens (including phenoxy) is 1. The number of carbonyl (C=O) groups excluding carboxylic acids is 2. The van der Waals surface area contributed by atoms with Crippen molar-refractivity contribution in [1.29, 1.82) is 0 Å². The quantitative estimate of drug-likeness (QED) is 0.818. The lowest BCUT2D eigenvalue weighted by atomic mass is 10.0. The molecule has 1 saturated heterocycles. The van der Waals surface area contributed by atoms with Gasteiger partial charge in [0.2, 0.25) is 0 Å². The molecule has 5 nitrogen and oxygen atoms in total. The van der Waals surface area contributed by atoms with E-state index in [1.54, 1.807) is 6.92 Å². The molecule has 7 heteroatoms. The van der Waals surface area contributed by atoms with E-state index < -0.39 is 30.2 Å². The molecule has 0 aliphatic carbocycles. The number of hydrogen-bond donors (Lipinski definition) is 1. The van der Waals surface area contributed by atoms with E-state index in [1.807, 2.05) is 0 Å². The number of halogens is 2. The van der Waals surface area contributed by atoms with E-state index in [0.717, 1.165) is 0 Å². The van der Waals surface area contributed by atoms with Crippen molar-refractivity contribution in [1.82, 2.24) is 10.2 Å². The summed E-state index contributed by atoms with van der Waals surface area (Å²) in [5.74, 6) is -3.40. The number of nitrogens with one attached hydrogen (secondary N) is 1. The van der Waals surface area contributed by atoms with E-state index in [4.69, 9.17) is 4.74 Å². The number of nitrogens with zero attached hydrogens (tertiary/aromatic N) is 1. The van der Waals surface area contributed by atoms with Crippen LogP contribution < -0.4 is 5.32 Å². The van der Waals surface area contributed by atoms with Crippen molar-refractivity contribution in [2.24, 2.45) is 0 Å². The molecular weight excluding hydrogens is 282 g/mol. The van der Waals surface area contributed by atoms with E-state index in [0.29, 0.717) is 39.1 Å². The summed E-state index contributed by atoms with van der Waals surface area (Å²) in [6.07, 6.45) is 0.0929. The maximum absolute atomic E-state index is 13.7. The normalized spacial score (nSPS) is 18.0. The highest BCUT2D eigenvalue weighted by Crippen LogP contribution is 2.26. The number of hydrogen-bond acceptors (Lipinski definition) is 3. The first-order valence-corrected chi connectivity index (χ1v) is 7.37. The van der Waals surface area contributed by atoms with Gasteiger partial charge in [0.05, 0.1) is 12.6 Å². The maximum Gasteiger partial charge on any atom is 0.318 e. The summed E-state index contributed by atoms with van der Waals surface area (Å²) in [6, 6.07) is -1.63. The molecule has 0 bridgehead atoms. The Kier molecular flexibility index (Phi) is 7.01. The number of alkyl halides is 2. The zero-order valence-corrected chi connectivity index (χ0v) is 12.7. The number of Topliss-reactive ketones (excluding diaryl/α,β-unsaturated/α-hetero) is 1. The lowest BCUT2D eigenvalue weighted by Gasteiger charge is -2.26. The molecular formula is C14H24F2N2O3. The van der Waals surface area contributed by atoms with Crippen molar-refractivity contribution in [2.75, 3.05) is 26.3 Å². The van der Waals surface area contributed by atoms with Gasteiger partial charge in [-0.3, -0.25) is 4.79 Å². The molecule has 1 aliphatic heterocycles. The molecule has 1 aliphatic rings. The molecule has 0 aromatic heterocycles. The Morgan fingerprint density at radius 1 is 1.33 bits per heavy atom. The molecule has 0 saturated carbocycles. The summed E-state index contributed by atoms with van der Waals surface area (Å²) in [6.45, 7) is 4.78. The molecule has 0 spiro atoms. The largest absolute Gasteiger partial charge is 0.380 e. The van der Waals surface area contributed by atoms with Crippen LogP contribution in [-0.2, 0) is 9.53 Å². The summed E-state index contributed by atoms with van der Waals surface area (Å²) in [5.41, 5.74) is 0. The Hall–Kier alpha value is -1.24. The van der Waals surface area contributed by atoms with Gasteiger partial charge in [-0.2, -0.15) is 0 Å². The zero-order chi connectivity index (χ0) is 15.9. The fourth-order valence-corrected chi connectivity index (χ4v) is 2.25. The first-order chi connectivity index (χ1) is 9.85. The van der Waals surface area contributed by atoms with Crippen molar-refractivity contribution in [3.05, 3.63) is 0 Å². The Labute approximate surface area is 124 Å². The number of rotatable bonds is 6. The highest BCUT2D eigenvalue weighted by molar-refractivity contribution is 5.86. The molecule has 0 unspecified atom stereocenters. The number of carbonyl (C=O) groups is 2. The second-order valence-electron chi connectivity index (χ2n) is 5.38. The van der Waals surface area contributed by atoms with Crippen LogP contribution in [-0.4, -0.2) is 55.0 Å². The molecule has 122 valence electrons. The highest BCUT2D eigenvalue weighted by atomic mass is 19.3. The van der Waals surface area contributed by atoms with Crippen molar-refractivity contribution < 1.29 is 23.1 Å². The molecule has 1 heterocycles. The van der Waals surface area contributed by atoms with Crippen LogP contribution in [0, 0.1) is 0 Å². The molecule has 0 radical (unpaired) electrons. The third kappa shape index (κ3) is 6.37. The third-order valence-corrected chi connectivity index (χ3v) is 3.42. The SMILES string of the molecule is CCCC(F)(F)C[C@H](NC(=O)N1CCCOCC1)C(C)=O. The van der Waals surface area contributed by atoms with Gasteiger partial charge in [0.15, 0.2) is 5.78 Å². The van der Waals surface area contributed by atoms with Crippen LogP contribution >= 0.6 is 0 Å². The van der Waals surface area contributed by atoms with Gasteiger partial charge in [-0.25, -0.2) is 13.6 Å². The molecule has 1 rings (SSSR count). The van der Waals surface area contributed by atoms with Crippen LogP contribution in [0.5, 0.6) is 0 Å². The molecule has 1 N–H and O–H groups in total. The minimum absolute atomic E-state index is 0.287. The van der Waals surface area contributed by atoms with Crippen LogP contribution in [0.15, 0.2) is 0 Å². The maximum atomic E-state index is 13.7. The molecule has 0 aromatic rings. The molecule has 21 heavy (non-hydrogen) atoms. The van der Waals surface area contributed by atoms with E-state index in [9.17, 15) is 18.4 Å². The van der Waals surface area contributed by atoms with E-state index in [1.165, 1.54) is 11.8 Å². The number of ketones is 1.